The van der Waals surface area contributed by atoms with Crippen molar-refractivity contribution >= 4 is 57.1 Å². The Balaban J connectivity index is 0.000000196. The zero-order valence-electron chi connectivity index (χ0n) is 25.3. The molecule has 0 unspecified atom stereocenters. The lowest BCUT2D eigenvalue weighted by molar-refractivity contribution is -0.713. The van der Waals surface area contributed by atoms with E-state index in [-0.39, 0.29) is 39.7 Å². The molecule has 2 aliphatic heterocycles. The number of hydrogen-bond donors (Lipinski definition) is 0. The van der Waals surface area contributed by atoms with Crippen LogP contribution in [0.2, 0.25) is 0 Å². The van der Waals surface area contributed by atoms with Crippen molar-refractivity contribution in [3.8, 4) is 16.9 Å². The van der Waals surface area contributed by atoms with E-state index in [2.05, 4.69) is 101 Å². The average molecular weight is 765 g/mol. The Morgan fingerprint density at radius 3 is 2.20 bits per heavy atom. The number of amidine groups is 1. The van der Waals surface area contributed by atoms with Crippen LogP contribution < -0.4 is 26.4 Å². The van der Waals surface area contributed by atoms with Crippen molar-refractivity contribution in [1.82, 2.24) is 4.57 Å². The summed E-state index contributed by atoms with van der Waals surface area (Å²) in [5.74, 6) is 2.25. The second kappa shape index (κ2) is 16.5. The molecule has 232 valence electrons. The molecule has 9 heteroatoms. The molecule has 0 radical (unpaired) electrons. The quantitative estimate of drug-likeness (QED) is 0.176. The summed E-state index contributed by atoms with van der Waals surface area (Å²) in [6.45, 7) is 6.43. The number of ketones is 1. The van der Waals surface area contributed by atoms with Gasteiger partial charge in [0.2, 0.25) is 0 Å². The molecule has 0 saturated carbocycles. The number of benzene rings is 4. The molecule has 0 saturated heterocycles. The lowest BCUT2D eigenvalue weighted by atomic mass is 10.1. The van der Waals surface area contributed by atoms with Gasteiger partial charge in [0.1, 0.15) is 18.4 Å². The first-order chi connectivity index (χ1) is 21.1. The Labute approximate surface area is 295 Å². The smallest absolute Gasteiger partial charge is 0.323 e. The van der Waals surface area contributed by atoms with Crippen LogP contribution in [0.15, 0.2) is 126 Å². The van der Waals surface area contributed by atoms with Gasteiger partial charge in [0.25, 0.3) is 0 Å². The highest BCUT2D eigenvalue weighted by Crippen LogP contribution is 2.29. The monoisotopic (exact) mass is 762 g/mol. The molecule has 45 heavy (non-hydrogen) atoms. The third-order valence-corrected chi connectivity index (χ3v) is 9.44. The van der Waals surface area contributed by atoms with Gasteiger partial charge in [-0.1, -0.05) is 96.7 Å². The summed E-state index contributed by atoms with van der Waals surface area (Å²) in [5, 5.41) is 2.27. The van der Waals surface area contributed by atoms with Crippen LogP contribution in [0.4, 0.5) is 5.69 Å². The van der Waals surface area contributed by atoms with Gasteiger partial charge in [0, 0.05) is 28.3 Å². The number of carbonyl (C=O) groups is 1. The van der Waals surface area contributed by atoms with Crippen molar-refractivity contribution in [2.75, 3.05) is 29.5 Å². The van der Waals surface area contributed by atoms with Gasteiger partial charge in [-0.2, -0.15) is 4.57 Å². The number of halogens is 2. The highest BCUT2D eigenvalue weighted by atomic mass is 79.9. The summed E-state index contributed by atoms with van der Waals surface area (Å²) < 4.78 is 4.76. The van der Waals surface area contributed by atoms with E-state index < -0.39 is 0 Å². The maximum atomic E-state index is 12.6. The maximum Gasteiger partial charge on any atom is 0.323 e. The summed E-state index contributed by atoms with van der Waals surface area (Å²) in [5.41, 5.74) is 8.07. The Kier molecular flexibility index (Phi) is 12.7. The van der Waals surface area contributed by atoms with Crippen molar-refractivity contribution in [3.05, 3.63) is 132 Å². The fourth-order valence-electron chi connectivity index (χ4n) is 5.29. The topological polar surface area (TPSA) is 41.5 Å². The van der Waals surface area contributed by atoms with Crippen molar-refractivity contribution in [2.24, 2.45) is 4.99 Å². The summed E-state index contributed by atoms with van der Waals surface area (Å²) in [4.78, 5) is 19.1. The molecular weight excluding hydrogens is 728 g/mol. The van der Waals surface area contributed by atoms with E-state index in [4.69, 9.17) is 0 Å². The predicted octanol–water partition coefficient (Wildman–Crippen LogP) is 5.21. The van der Waals surface area contributed by atoms with Crippen molar-refractivity contribution in [1.29, 1.82) is 0 Å². The molecule has 0 atom stereocenters. The highest BCUT2D eigenvalue weighted by molar-refractivity contribution is 8.93. The van der Waals surface area contributed by atoms with E-state index >= 15 is 0 Å². The van der Waals surface area contributed by atoms with E-state index in [9.17, 15) is 4.79 Å². The van der Waals surface area contributed by atoms with Crippen LogP contribution in [0, 0.1) is 13.8 Å². The number of hydrogen-bond acceptors (Lipinski definition) is 5. The molecule has 5 aromatic rings. The summed E-state index contributed by atoms with van der Waals surface area (Å²) in [6, 6.07) is 37.0. The van der Waals surface area contributed by atoms with Crippen LogP contribution in [-0.4, -0.2) is 40.1 Å². The molecule has 0 fully saturated rings. The van der Waals surface area contributed by atoms with E-state index in [1.165, 1.54) is 33.2 Å². The first-order valence-corrected chi connectivity index (χ1v) is 16.5. The third-order valence-electron chi connectivity index (χ3n) is 7.39. The van der Waals surface area contributed by atoms with Crippen LogP contribution in [0.1, 0.15) is 21.5 Å². The number of anilines is 1. The Bertz CT molecular complexity index is 1760. The van der Waals surface area contributed by atoms with Gasteiger partial charge >= 0.3 is 5.16 Å². The maximum absolute atomic E-state index is 12.6. The first-order valence-electron chi connectivity index (χ1n) is 14.6. The van der Waals surface area contributed by atoms with E-state index in [0.717, 1.165) is 41.0 Å². The number of fused-ring (bicyclic) bond motifs is 1. The number of aliphatic imine (C=N–C) groups is 1. The molecule has 0 aliphatic carbocycles. The van der Waals surface area contributed by atoms with Crippen molar-refractivity contribution in [3.63, 3.8) is 0 Å². The first kappa shape index (κ1) is 34.8. The highest BCUT2D eigenvalue weighted by Gasteiger charge is 2.30. The molecule has 5 nitrogen and oxygen atoms in total. The summed E-state index contributed by atoms with van der Waals surface area (Å²) >= 11 is 3.65. The fraction of sp³-hybridized carbons (Fsp3) is 0.194. The van der Waals surface area contributed by atoms with Crippen molar-refractivity contribution < 1.29 is 26.3 Å². The number of carbonyl (C=O) groups excluding carboxylic acids is 1. The van der Waals surface area contributed by atoms with Crippen LogP contribution in [0.3, 0.4) is 0 Å². The molecule has 0 amide bonds. The van der Waals surface area contributed by atoms with Gasteiger partial charge in [-0.3, -0.25) is 9.79 Å². The lowest BCUT2D eigenvalue weighted by Crippen LogP contribution is -3.00. The molecule has 2 aliphatic rings. The molecule has 4 aromatic carbocycles. The molecule has 3 heterocycles. The zero-order valence-corrected chi connectivity index (χ0v) is 30.2. The molecule has 0 spiro atoms. The Morgan fingerprint density at radius 2 is 1.53 bits per heavy atom. The molecule has 7 rings (SSSR count). The number of nitrogens with zero attached hydrogens (tertiary/aromatic N) is 4. The second-order valence-corrected chi connectivity index (χ2v) is 12.7. The molecule has 0 bridgehead atoms. The fourth-order valence-corrected chi connectivity index (χ4v) is 7.26. The summed E-state index contributed by atoms with van der Waals surface area (Å²) in [6.07, 6.45) is 2.27. The SMILES string of the molecule is Br.Cc1cccc(-n2cc(-c3ccccc3)[n+]3c2SCC3)c1.Cc1cccc(N(CC(=O)c2ccccc2)C2=NCCS2)c1.[Br-]. The van der Waals surface area contributed by atoms with Gasteiger partial charge < -0.3 is 21.9 Å². The number of imidazole rings is 1. The largest absolute Gasteiger partial charge is 1.00 e. The van der Waals surface area contributed by atoms with Crippen LogP contribution >= 0.6 is 40.5 Å². The minimum absolute atomic E-state index is 0. The molecular formula is C36H36Br2N4OS2. The average Bonchev–Trinajstić information content (AvgIpc) is 3.81. The predicted molar refractivity (Wildman–Crippen MR) is 191 cm³/mol. The Hall–Kier alpha value is -3.11. The van der Waals surface area contributed by atoms with Gasteiger partial charge in [-0.25, -0.2) is 4.57 Å². The van der Waals surface area contributed by atoms with Crippen LogP contribution in [0.5, 0.6) is 0 Å². The Morgan fingerprint density at radius 1 is 0.844 bits per heavy atom. The number of aromatic nitrogens is 2. The van der Waals surface area contributed by atoms with Gasteiger partial charge in [0.05, 0.1) is 13.1 Å². The standard InChI is InChI=1S/C18H18N2OS.C18H17N2S.2BrH/c1-14-6-5-9-16(12-14)20(18-19-10-11-22-18)13-17(21)15-7-3-2-4-8-15;1-14-6-5-9-16(12-14)20-13-17(15-7-3-2-4-8-15)19-10-11-21-18(19)20;;/h2-9,12H,10-11,13H2,1H3;2-9,12-13H,10-11H2,1H3;2*1H/q;+1;;/p-1. The van der Waals surface area contributed by atoms with E-state index in [0.29, 0.717) is 6.54 Å². The number of thioether (sulfide) groups is 2. The van der Waals surface area contributed by atoms with E-state index in [1.807, 2.05) is 59.1 Å². The second-order valence-electron chi connectivity index (χ2n) is 10.6. The van der Waals surface area contributed by atoms with Gasteiger partial charge in [0.15, 0.2) is 16.6 Å². The van der Waals surface area contributed by atoms with Gasteiger partial charge in [-0.05, 0) is 61.0 Å². The lowest BCUT2D eigenvalue weighted by Gasteiger charge is -2.23. The molecule has 0 N–H and O–H groups in total. The van der Waals surface area contributed by atoms with Crippen molar-refractivity contribution in [2.45, 2.75) is 25.5 Å². The number of aryl methyl sites for hydroxylation is 2. The number of rotatable bonds is 6. The summed E-state index contributed by atoms with van der Waals surface area (Å²) in [7, 11) is 0. The third kappa shape index (κ3) is 8.38. The minimum Gasteiger partial charge on any atom is -1.00 e. The normalized spacial score (nSPS) is 13.0. The van der Waals surface area contributed by atoms with E-state index in [1.54, 1.807) is 11.8 Å². The van der Waals surface area contributed by atoms with Crippen LogP contribution in [0.25, 0.3) is 16.9 Å². The minimum atomic E-state index is 0. The number of Topliss-reactive ketones (excluding diaryl/α,β-unsaturated/α-hetero) is 1. The zero-order chi connectivity index (χ0) is 29.6. The van der Waals surface area contributed by atoms with Crippen LogP contribution in [-0.2, 0) is 6.54 Å². The molecule has 1 aromatic heterocycles. The van der Waals surface area contributed by atoms with Gasteiger partial charge in [-0.15, -0.1) is 17.0 Å².